The van der Waals surface area contributed by atoms with Gasteiger partial charge >= 0.3 is 0 Å². The maximum Gasteiger partial charge on any atom is 0.297 e. The van der Waals surface area contributed by atoms with Crippen LogP contribution in [-0.4, -0.2) is 34.8 Å². The molecular weight excluding hydrogens is 486 g/mol. The zero-order valence-electron chi connectivity index (χ0n) is 18.5. The topological polar surface area (TPSA) is 167 Å². The molecule has 12 nitrogen and oxygen atoms in total. The highest BCUT2D eigenvalue weighted by molar-refractivity contribution is 7.94. The molecule has 0 saturated carbocycles. The van der Waals surface area contributed by atoms with Crippen LogP contribution in [0.5, 0.6) is 5.75 Å². The van der Waals surface area contributed by atoms with Gasteiger partial charge in [-0.3, -0.25) is 4.18 Å². The number of fused-ring (bicyclic) bond motifs is 1. The summed E-state index contributed by atoms with van der Waals surface area (Å²) < 4.78 is 34.9. The first-order valence-electron chi connectivity index (χ1n) is 9.49. The first kappa shape index (κ1) is 25.5. The Kier molecular flexibility index (Phi) is 8.14. The normalized spacial score (nSPS) is 12.4. The molecule has 3 aromatic carbocycles. The zero-order valence-corrected chi connectivity index (χ0v) is 20.2. The van der Waals surface area contributed by atoms with Gasteiger partial charge in [-0.15, -0.1) is 9.45 Å². The monoisotopic (exact) mass is 507 g/mol. The van der Waals surface area contributed by atoms with Crippen LogP contribution in [0, 0.1) is 6.92 Å². The molecule has 0 heterocycles. The Bertz CT molecular complexity index is 1380. The van der Waals surface area contributed by atoms with Crippen LogP contribution < -0.4 is 5.73 Å². The summed E-state index contributed by atoms with van der Waals surface area (Å²) in [5, 5.41) is 31.5. The lowest BCUT2D eigenvalue weighted by atomic mass is 10.0. The molecule has 14 heteroatoms. The molecule has 0 atom stereocenters. The van der Waals surface area contributed by atoms with Gasteiger partial charge in [0.1, 0.15) is 16.3 Å². The van der Waals surface area contributed by atoms with Crippen molar-refractivity contribution in [2.75, 3.05) is 27.0 Å². The van der Waals surface area contributed by atoms with Crippen LogP contribution in [0.25, 0.3) is 10.8 Å². The number of benzene rings is 3. The minimum atomic E-state index is -4.24. The third-order valence-corrected chi connectivity index (χ3v) is 6.54. The number of azo groups is 2. The van der Waals surface area contributed by atoms with Crippen LogP contribution in [0.4, 0.5) is 22.7 Å². The molecule has 0 saturated heterocycles. The van der Waals surface area contributed by atoms with Crippen molar-refractivity contribution in [3.63, 3.8) is 0 Å². The van der Waals surface area contributed by atoms with E-state index in [-0.39, 0.29) is 37.6 Å². The number of phenolic OH excluding ortho intramolecular Hbond substituents is 1. The Morgan fingerprint density at radius 1 is 1.06 bits per heavy atom. The fraction of sp³-hybridized carbons (Fsp3) is 0.200. The highest BCUT2D eigenvalue weighted by Crippen LogP contribution is 2.49. The maximum atomic E-state index is 12.7. The summed E-state index contributed by atoms with van der Waals surface area (Å²) in [5.41, 5.74) is 7.56. The molecular formula is C20H21N5O7S2. The Morgan fingerprint density at radius 2 is 1.79 bits per heavy atom. The predicted molar refractivity (Wildman–Crippen MR) is 125 cm³/mol. The number of nitrogens with zero attached hydrogens (tertiary/aromatic N) is 4. The number of hydrogen-bond donors (Lipinski definition) is 2. The summed E-state index contributed by atoms with van der Waals surface area (Å²) in [6.45, 7) is 1.85. The minimum Gasteiger partial charge on any atom is -0.505 e. The molecule has 0 bridgehead atoms. The molecule has 0 unspecified atom stereocenters. The third kappa shape index (κ3) is 5.16. The third-order valence-electron chi connectivity index (χ3n) is 4.61. The summed E-state index contributed by atoms with van der Waals surface area (Å²) in [7, 11) is -0.616. The van der Waals surface area contributed by atoms with Gasteiger partial charge in [0.2, 0.25) is 0 Å². The van der Waals surface area contributed by atoms with E-state index in [0.717, 1.165) is 12.7 Å². The van der Waals surface area contributed by atoms with Crippen LogP contribution in [0.15, 0.2) is 66.6 Å². The van der Waals surface area contributed by atoms with Crippen LogP contribution in [0.1, 0.15) is 5.56 Å². The van der Waals surface area contributed by atoms with Crippen LogP contribution >= 0.6 is 12.0 Å². The van der Waals surface area contributed by atoms with E-state index >= 15 is 0 Å². The number of aryl methyl sites for hydroxylation is 1. The number of nitrogens with two attached hydrogens (primary N) is 1. The fourth-order valence-electron chi connectivity index (χ4n) is 3.01. The minimum absolute atomic E-state index is 0.0158. The second-order valence-corrected chi connectivity index (χ2v) is 9.02. The van der Waals surface area contributed by atoms with Crippen molar-refractivity contribution < 1.29 is 32.0 Å². The molecule has 0 spiro atoms. The molecule has 0 amide bonds. The predicted octanol–water partition coefficient (Wildman–Crippen LogP) is 5.42. The van der Waals surface area contributed by atoms with E-state index in [0.29, 0.717) is 17.7 Å². The Morgan fingerprint density at radius 3 is 2.44 bits per heavy atom. The molecule has 3 rings (SSSR count). The summed E-state index contributed by atoms with van der Waals surface area (Å²) in [6, 6.07) is 9.81. The number of phenols is 1. The summed E-state index contributed by atoms with van der Waals surface area (Å²) >= 11 is 0.608. The number of rotatable bonds is 9. The van der Waals surface area contributed by atoms with E-state index in [9.17, 15) is 13.5 Å². The number of anilines is 1. The van der Waals surface area contributed by atoms with Crippen LogP contribution in [-0.2, 0) is 28.6 Å². The van der Waals surface area contributed by atoms with Gasteiger partial charge in [-0.05, 0) is 30.7 Å². The number of aromatic hydroxyl groups is 1. The molecule has 34 heavy (non-hydrogen) atoms. The van der Waals surface area contributed by atoms with Crippen molar-refractivity contribution >= 4 is 55.7 Å². The van der Waals surface area contributed by atoms with Gasteiger partial charge in [0.05, 0.1) is 47.9 Å². The zero-order chi connectivity index (χ0) is 24.9. The lowest BCUT2D eigenvalue weighted by molar-refractivity contribution is -0.447. The SMILES string of the molecule is CN=Nc1cc(S(=O)(=O)OC)c2cc(SOOOC)c(N=Nc3ccccc3C)c(O)c2c1N. The van der Waals surface area contributed by atoms with E-state index in [4.69, 9.17) is 10.1 Å². The largest absolute Gasteiger partial charge is 0.505 e. The van der Waals surface area contributed by atoms with Gasteiger partial charge in [0.25, 0.3) is 10.1 Å². The lowest BCUT2D eigenvalue weighted by Gasteiger charge is -2.15. The number of hydrogen-bond acceptors (Lipinski definition) is 13. The van der Waals surface area contributed by atoms with Crippen molar-refractivity contribution in [1.29, 1.82) is 0 Å². The molecule has 0 aromatic heterocycles. The highest BCUT2D eigenvalue weighted by Gasteiger charge is 2.26. The molecule has 3 aromatic rings. The van der Waals surface area contributed by atoms with Gasteiger partial charge in [-0.1, -0.05) is 23.2 Å². The van der Waals surface area contributed by atoms with Crippen molar-refractivity contribution in [2.24, 2.45) is 20.5 Å². The van der Waals surface area contributed by atoms with Crippen molar-refractivity contribution in [2.45, 2.75) is 16.7 Å². The van der Waals surface area contributed by atoms with E-state index < -0.39 is 15.9 Å². The molecule has 0 aliphatic heterocycles. The van der Waals surface area contributed by atoms with Crippen LogP contribution in [0.3, 0.4) is 0 Å². The quantitative estimate of drug-likeness (QED) is 0.0731. The lowest BCUT2D eigenvalue weighted by Crippen LogP contribution is -2.05. The van der Waals surface area contributed by atoms with Crippen LogP contribution in [0.2, 0.25) is 0 Å². The van der Waals surface area contributed by atoms with E-state index in [1.165, 1.54) is 26.3 Å². The standard InChI is InChI=1S/C20H21N5O7S2/c1-11-7-5-6-8-13(11)24-25-19-15(33-32-31-29-3)9-12-16(34(27,28)30-4)10-14(23-22-2)18(21)17(12)20(19)26/h5-10,26H,21H2,1-4H3. The summed E-state index contributed by atoms with van der Waals surface area (Å²) in [4.78, 5) is 4.26. The molecule has 0 aliphatic rings. The first-order chi connectivity index (χ1) is 16.2. The van der Waals surface area contributed by atoms with Crippen molar-refractivity contribution in [1.82, 2.24) is 0 Å². The smallest absolute Gasteiger partial charge is 0.297 e. The van der Waals surface area contributed by atoms with E-state index in [1.54, 1.807) is 12.1 Å². The first-order valence-corrected chi connectivity index (χ1v) is 11.6. The van der Waals surface area contributed by atoms with E-state index in [2.05, 4.69) is 34.6 Å². The van der Waals surface area contributed by atoms with Gasteiger partial charge in [0.15, 0.2) is 5.75 Å². The highest BCUT2D eigenvalue weighted by atomic mass is 32.2. The van der Waals surface area contributed by atoms with Gasteiger partial charge in [0, 0.05) is 12.4 Å². The molecule has 180 valence electrons. The molecule has 3 N–H and O–H groups in total. The average Bonchev–Trinajstić information content (AvgIpc) is 2.81. The Labute approximate surface area is 199 Å². The van der Waals surface area contributed by atoms with Crippen molar-refractivity contribution in [3.05, 3.63) is 42.0 Å². The second-order valence-electron chi connectivity index (χ2n) is 6.60. The summed E-state index contributed by atoms with van der Waals surface area (Å²) in [5.74, 6) is -0.462. The average molecular weight is 508 g/mol. The fourth-order valence-corrected chi connectivity index (χ4v) is 4.42. The molecule has 0 fully saturated rings. The van der Waals surface area contributed by atoms with Crippen molar-refractivity contribution in [3.8, 4) is 5.75 Å². The summed E-state index contributed by atoms with van der Waals surface area (Å²) in [6.07, 6.45) is 0. The maximum absolute atomic E-state index is 12.7. The second kappa shape index (κ2) is 10.9. The molecule has 0 aliphatic carbocycles. The Balaban J connectivity index is 2.38. The number of nitrogen functional groups attached to an aromatic ring is 1. The van der Waals surface area contributed by atoms with E-state index in [1.807, 2.05) is 19.1 Å². The van der Waals surface area contributed by atoms with Gasteiger partial charge in [-0.25, -0.2) is 4.89 Å². The van der Waals surface area contributed by atoms with Gasteiger partial charge < -0.3 is 10.8 Å². The Hall–Kier alpha value is -3.14. The van der Waals surface area contributed by atoms with Gasteiger partial charge in [-0.2, -0.15) is 23.8 Å². The molecule has 0 radical (unpaired) electrons.